The highest BCUT2D eigenvalue weighted by Gasteiger charge is 2.42. The molecule has 6 nitrogen and oxygen atoms in total. The van der Waals surface area contributed by atoms with Gasteiger partial charge in [-0.25, -0.2) is 4.99 Å². The number of carbonyl (C=O) groups excluding carboxylic acids is 1. The molecule has 22 heavy (non-hydrogen) atoms. The summed E-state index contributed by atoms with van der Waals surface area (Å²) in [7, 11) is 0. The van der Waals surface area contributed by atoms with E-state index in [1.54, 1.807) is 6.34 Å². The molecule has 1 amide bonds. The van der Waals surface area contributed by atoms with Gasteiger partial charge in [0.25, 0.3) is 0 Å². The Morgan fingerprint density at radius 3 is 3.09 bits per heavy atom. The van der Waals surface area contributed by atoms with Crippen molar-refractivity contribution in [1.82, 2.24) is 15.1 Å². The molecule has 6 heteroatoms. The van der Waals surface area contributed by atoms with Crippen molar-refractivity contribution in [3.63, 3.8) is 0 Å². The first-order valence-corrected chi connectivity index (χ1v) is 7.53. The number of fused-ring (bicyclic) bond motifs is 1. The fraction of sp³-hybridized carbons (Fsp3) is 0.438. The summed E-state index contributed by atoms with van der Waals surface area (Å²) in [5.41, 5.74) is 0.862. The first kappa shape index (κ1) is 14.7. The number of hydrogen-bond acceptors (Lipinski definition) is 3. The van der Waals surface area contributed by atoms with Crippen LogP contribution < -0.4 is 5.32 Å². The van der Waals surface area contributed by atoms with Crippen LogP contribution >= 0.6 is 0 Å². The lowest BCUT2D eigenvalue weighted by atomic mass is 9.82. The van der Waals surface area contributed by atoms with E-state index in [1.165, 1.54) is 6.08 Å². The van der Waals surface area contributed by atoms with Crippen LogP contribution in [0.4, 0.5) is 0 Å². The third kappa shape index (κ3) is 2.87. The third-order valence-corrected chi connectivity index (χ3v) is 4.49. The molecule has 0 bridgehead atoms. The van der Waals surface area contributed by atoms with Crippen LogP contribution in [0.15, 0.2) is 47.1 Å². The zero-order valence-corrected chi connectivity index (χ0v) is 12.6. The number of likely N-dealkylation sites (tertiary alicyclic amines) is 2. The smallest absolute Gasteiger partial charge is 0.246 e. The third-order valence-electron chi connectivity index (χ3n) is 4.49. The van der Waals surface area contributed by atoms with Crippen molar-refractivity contribution in [2.75, 3.05) is 26.3 Å². The fourth-order valence-corrected chi connectivity index (χ4v) is 3.15. The molecule has 2 atom stereocenters. The lowest BCUT2D eigenvalue weighted by Gasteiger charge is -2.52. The molecule has 0 aromatic rings. The highest BCUT2D eigenvalue weighted by atomic mass is 16.2. The van der Waals surface area contributed by atoms with Gasteiger partial charge in [-0.15, -0.1) is 0 Å². The molecule has 3 aliphatic rings. The molecule has 116 valence electrons. The monoisotopic (exact) mass is 299 g/mol. The van der Waals surface area contributed by atoms with Gasteiger partial charge in [0.2, 0.25) is 5.91 Å². The molecule has 0 aromatic carbocycles. The Kier molecular flexibility index (Phi) is 4.20. The van der Waals surface area contributed by atoms with Crippen LogP contribution in [0.25, 0.3) is 0 Å². The number of amides is 1. The zero-order valence-electron chi connectivity index (χ0n) is 12.6. The SMILES string of the molecule is C=CC(=O)N1CC[C@H]2CN(CN=CN=C3NC=CC3=C)[C@H]2C1. The second-order valence-corrected chi connectivity index (χ2v) is 5.80. The van der Waals surface area contributed by atoms with Crippen LogP contribution in [0, 0.1) is 5.92 Å². The Hall–Kier alpha value is -2.21. The van der Waals surface area contributed by atoms with Crippen molar-refractivity contribution in [3.8, 4) is 0 Å². The summed E-state index contributed by atoms with van der Waals surface area (Å²) in [6.07, 6.45) is 7.72. The second-order valence-electron chi connectivity index (χ2n) is 5.80. The molecule has 0 saturated carbocycles. The average molecular weight is 299 g/mol. The molecular weight excluding hydrogens is 278 g/mol. The van der Waals surface area contributed by atoms with E-state index in [0.29, 0.717) is 18.6 Å². The molecule has 1 N–H and O–H groups in total. The van der Waals surface area contributed by atoms with Crippen molar-refractivity contribution >= 4 is 18.1 Å². The largest absolute Gasteiger partial charge is 0.346 e. The standard InChI is InChI=1S/C16H21N5O/c1-3-15(22)20-7-5-13-8-21(14(13)9-20)11-17-10-19-16-12(2)4-6-18-16/h3-4,6,10,13-14H,1-2,5,7-9,11H2,(H,17,18,19)/t13-,14-/m0/s1. The predicted octanol–water partition coefficient (Wildman–Crippen LogP) is 0.762. The van der Waals surface area contributed by atoms with Crippen molar-refractivity contribution in [3.05, 3.63) is 37.1 Å². The molecule has 0 radical (unpaired) electrons. The molecule has 2 saturated heterocycles. The summed E-state index contributed by atoms with van der Waals surface area (Å²) in [6.45, 7) is 10.7. The molecule has 3 aliphatic heterocycles. The Morgan fingerprint density at radius 1 is 1.50 bits per heavy atom. The quantitative estimate of drug-likeness (QED) is 0.474. The van der Waals surface area contributed by atoms with Gasteiger partial charge in [-0.1, -0.05) is 13.2 Å². The van der Waals surface area contributed by atoms with Gasteiger partial charge < -0.3 is 10.2 Å². The van der Waals surface area contributed by atoms with Crippen molar-refractivity contribution in [2.45, 2.75) is 12.5 Å². The average Bonchev–Trinajstić information content (AvgIpc) is 2.92. The number of rotatable bonds is 4. The van der Waals surface area contributed by atoms with Gasteiger partial charge in [0, 0.05) is 37.4 Å². The minimum absolute atomic E-state index is 0.0264. The molecule has 2 fully saturated rings. The van der Waals surface area contributed by atoms with Crippen LogP contribution in [0.5, 0.6) is 0 Å². The lowest BCUT2D eigenvalue weighted by Crippen LogP contribution is -2.64. The maximum absolute atomic E-state index is 11.7. The van der Waals surface area contributed by atoms with Gasteiger partial charge in [0.15, 0.2) is 0 Å². The zero-order chi connectivity index (χ0) is 15.5. The van der Waals surface area contributed by atoms with Gasteiger partial charge in [0.05, 0.1) is 6.67 Å². The van der Waals surface area contributed by atoms with E-state index in [-0.39, 0.29) is 5.91 Å². The molecule has 0 spiro atoms. The highest BCUT2D eigenvalue weighted by molar-refractivity contribution is 6.06. The van der Waals surface area contributed by atoms with Crippen LogP contribution in [0.1, 0.15) is 6.42 Å². The van der Waals surface area contributed by atoms with E-state index < -0.39 is 0 Å². The normalized spacial score (nSPS) is 29.5. The van der Waals surface area contributed by atoms with Crippen molar-refractivity contribution in [1.29, 1.82) is 0 Å². The number of carbonyl (C=O) groups is 1. The molecule has 0 unspecified atom stereocenters. The van der Waals surface area contributed by atoms with Crippen molar-refractivity contribution < 1.29 is 4.79 Å². The van der Waals surface area contributed by atoms with E-state index >= 15 is 0 Å². The van der Waals surface area contributed by atoms with Gasteiger partial charge in [-0.3, -0.25) is 14.7 Å². The van der Waals surface area contributed by atoms with Gasteiger partial charge >= 0.3 is 0 Å². The Labute approximate surface area is 130 Å². The number of aliphatic imine (C=N–C) groups is 2. The number of hydrogen-bond donors (Lipinski definition) is 1. The van der Waals surface area contributed by atoms with E-state index in [4.69, 9.17) is 0 Å². The summed E-state index contributed by atoms with van der Waals surface area (Å²) >= 11 is 0. The molecular formula is C16H21N5O. The number of nitrogens with zero attached hydrogens (tertiary/aromatic N) is 4. The molecule has 3 heterocycles. The minimum atomic E-state index is 0.0264. The van der Waals surface area contributed by atoms with Gasteiger partial charge in [0.1, 0.15) is 12.2 Å². The molecule has 0 aromatic heterocycles. The van der Waals surface area contributed by atoms with Crippen LogP contribution in [0.3, 0.4) is 0 Å². The Morgan fingerprint density at radius 2 is 2.36 bits per heavy atom. The van der Waals surface area contributed by atoms with Gasteiger partial charge in [-0.05, 0) is 24.5 Å². The van der Waals surface area contributed by atoms with Crippen molar-refractivity contribution in [2.24, 2.45) is 15.9 Å². The number of amidine groups is 1. The van der Waals surface area contributed by atoms with E-state index in [9.17, 15) is 4.79 Å². The lowest BCUT2D eigenvalue weighted by molar-refractivity contribution is -0.132. The summed E-state index contributed by atoms with van der Waals surface area (Å²) in [6, 6.07) is 0.420. The van der Waals surface area contributed by atoms with Crippen LogP contribution in [-0.4, -0.2) is 60.2 Å². The molecule has 0 aliphatic carbocycles. The number of piperidine rings is 1. The summed E-state index contributed by atoms with van der Waals surface area (Å²) in [4.78, 5) is 24.5. The maximum Gasteiger partial charge on any atom is 0.246 e. The van der Waals surface area contributed by atoms with E-state index in [2.05, 4.69) is 33.4 Å². The van der Waals surface area contributed by atoms with E-state index in [1.807, 2.05) is 17.2 Å². The minimum Gasteiger partial charge on any atom is -0.346 e. The highest BCUT2D eigenvalue weighted by Crippen LogP contribution is 2.32. The summed E-state index contributed by atoms with van der Waals surface area (Å²) < 4.78 is 0. The Bertz CT molecular complexity index is 577. The Balaban J connectivity index is 1.49. The first-order valence-electron chi connectivity index (χ1n) is 7.53. The van der Waals surface area contributed by atoms with Crippen LogP contribution in [-0.2, 0) is 4.79 Å². The van der Waals surface area contributed by atoms with Gasteiger partial charge in [-0.2, -0.15) is 0 Å². The van der Waals surface area contributed by atoms with E-state index in [0.717, 1.165) is 37.5 Å². The topological polar surface area (TPSA) is 60.3 Å². The predicted molar refractivity (Wildman–Crippen MR) is 87.6 cm³/mol. The number of nitrogens with one attached hydrogen (secondary N) is 1. The fourth-order valence-electron chi connectivity index (χ4n) is 3.15. The first-order chi connectivity index (χ1) is 10.7. The summed E-state index contributed by atoms with van der Waals surface area (Å²) in [5.74, 6) is 1.46. The molecule has 3 rings (SSSR count). The van der Waals surface area contributed by atoms with Crippen LogP contribution in [0.2, 0.25) is 0 Å². The maximum atomic E-state index is 11.7. The summed E-state index contributed by atoms with van der Waals surface area (Å²) in [5, 5.41) is 3.00. The second kappa shape index (κ2) is 6.27.